The molecule has 3 nitrogen and oxygen atoms in total. The van der Waals surface area contributed by atoms with E-state index in [2.05, 4.69) is 0 Å². The van der Waals surface area contributed by atoms with E-state index in [1.807, 2.05) is 30.3 Å². The number of hydrogen-bond donors (Lipinski definition) is 0. The fraction of sp³-hybridized carbons (Fsp3) is 0.500. The smallest absolute Gasteiger partial charge is 0.171 e. The van der Waals surface area contributed by atoms with Crippen molar-refractivity contribution < 1.29 is 14.3 Å². The molecule has 92 valence electrons. The molecule has 0 aromatic heterocycles. The van der Waals surface area contributed by atoms with E-state index in [1.54, 1.807) is 7.11 Å². The molecule has 1 aromatic rings. The summed E-state index contributed by atoms with van der Waals surface area (Å²) in [5, 5.41) is 0. The van der Waals surface area contributed by atoms with Crippen LogP contribution in [-0.4, -0.2) is 26.1 Å². The standard InChI is InChI=1S/C14H18O3/c1-16-14(11-6-3-2-4-7-11)13(15)12-8-5-9-17-10-12/h2-4,6-7,12,14H,5,8-10H2,1H3. The molecular formula is C14H18O3. The van der Waals surface area contributed by atoms with Gasteiger partial charge >= 0.3 is 0 Å². The second-order valence-corrected chi connectivity index (χ2v) is 4.34. The van der Waals surface area contributed by atoms with Crippen molar-refractivity contribution >= 4 is 5.78 Å². The quantitative estimate of drug-likeness (QED) is 0.802. The summed E-state index contributed by atoms with van der Waals surface area (Å²) in [6, 6.07) is 9.63. The van der Waals surface area contributed by atoms with Crippen LogP contribution in [0.4, 0.5) is 0 Å². The monoisotopic (exact) mass is 234 g/mol. The first-order valence-corrected chi connectivity index (χ1v) is 6.02. The molecule has 0 radical (unpaired) electrons. The third kappa shape index (κ3) is 2.93. The Morgan fingerprint density at radius 2 is 2.18 bits per heavy atom. The summed E-state index contributed by atoms with van der Waals surface area (Å²) < 4.78 is 10.7. The lowest BCUT2D eigenvalue weighted by atomic mass is 9.91. The number of ether oxygens (including phenoxy) is 2. The Kier molecular flexibility index (Phi) is 4.29. The third-order valence-electron chi connectivity index (χ3n) is 3.16. The van der Waals surface area contributed by atoms with Gasteiger partial charge in [0.25, 0.3) is 0 Å². The lowest BCUT2D eigenvalue weighted by Gasteiger charge is -2.24. The number of rotatable bonds is 4. The molecule has 1 fully saturated rings. The average molecular weight is 234 g/mol. The van der Waals surface area contributed by atoms with Crippen molar-refractivity contribution in [3.05, 3.63) is 35.9 Å². The Balaban J connectivity index is 2.10. The van der Waals surface area contributed by atoms with Gasteiger partial charge in [-0.1, -0.05) is 30.3 Å². The van der Waals surface area contributed by atoms with E-state index in [1.165, 1.54) is 0 Å². The number of hydrogen-bond acceptors (Lipinski definition) is 3. The maximum Gasteiger partial charge on any atom is 0.171 e. The van der Waals surface area contributed by atoms with Gasteiger partial charge in [0.1, 0.15) is 6.10 Å². The molecule has 1 heterocycles. The summed E-state index contributed by atoms with van der Waals surface area (Å²) in [7, 11) is 1.58. The van der Waals surface area contributed by atoms with Gasteiger partial charge in [-0.25, -0.2) is 0 Å². The van der Waals surface area contributed by atoms with Gasteiger partial charge in [0.15, 0.2) is 5.78 Å². The van der Waals surface area contributed by atoms with E-state index in [-0.39, 0.29) is 11.7 Å². The summed E-state index contributed by atoms with van der Waals surface area (Å²) >= 11 is 0. The molecule has 0 N–H and O–H groups in total. The molecule has 0 amide bonds. The first-order valence-electron chi connectivity index (χ1n) is 6.02. The maximum atomic E-state index is 12.3. The van der Waals surface area contributed by atoms with Crippen LogP contribution in [-0.2, 0) is 14.3 Å². The van der Waals surface area contributed by atoms with Gasteiger partial charge in [0.2, 0.25) is 0 Å². The fourth-order valence-corrected chi connectivity index (χ4v) is 2.22. The number of ketones is 1. The van der Waals surface area contributed by atoms with Crippen LogP contribution in [0.5, 0.6) is 0 Å². The molecular weight excluding hydrogens is 216 g/mol. The minimum absolute atomic E-state index is 0.0195. The number of benzene rings is 1. The van der Waals surface area contributed by atoms with Crippen LogP contribution >= 0.6 is 0 Å². The average Bonchev–Trinajstić information content (AvgIpc) is 2.42. The van der Waals surface area contributed by atoms with E-state index >= 15 is 0 Å². The van der Waals surface area contributed by atoms with Crippen LogP contribution in [0, 0.1) is 5.92 Å². The van der Waals surface area contributed by atoms with Gasteiger partial charge < -0.3 is 9.47 Å². The second kappa shape index (κ2) is 5.94. The van der Waals surface area contributed by atoms with Gasteiger partial charge in [0.05, 0.1) is 6.61 Å². The van der Waals surface area contributed by atoms with Crippen LogP contribution < -0.4 is 0 Å². The van der Waals surface area contributed by atoms with E-state index in [0.29, 0.717) is 6.61 Å². The highest BCUT2D eigenvalue weighted by Gasteiger charge is 2.29. The maximum absolute atomic E-state index is 12.3. The van der Waals surface area contributed by atoms with Crippen LogP contribution in [0.25, 0.3) is 0 Å². The Morgan fingerprint density at radius 3 is 2.76 bits per heavy atom. The van der Waals surface area contributed by atoms with Crippen molar-refractivity contribution in [2.24, 2.45) is 5.92 Å². The highest BCUT2D eigenvalue weighted by molar-refractivity contribution is 5.86. The van der Waals surface area contributed by atoms with Crippen molar-refractivity contribution in [1.82, 2.24) is 0 Å². The number of Topliss-reactive ketones (excluding diaryl/α,β-unsaturated/α-hetero) is 1. The Labute approximate surface area is 102 Å². The third-order valence-corrected chi connectivity index (χ3v) is 3.16. The molecule has 2 unspecified atom stereocenters. The van der Waals surface area contributed by atoms with Gasteiger partial charge in [0, 0.05) is 19.6 Å². The summed E-state index contributed by atoms with van der Waals surface area (Å²) in [6.45, 7) is 1.30. The van der Waals surface area contributed by atoms with Gasteiger partial charge in [-0.15, -0.1) is 0 Å². The van der Waals surface area contributed by atoms with Crippen LogP contribution in [0.15, 0.2) is 30.3 Å². The normalized spacial score (nSPS) is 22.1. The molecule has 1 aliphatic rings. The molecule has 0 saturated carbocycles. The zero-order valence-corrected chi connectivity index (χ0v) is 10.1. The van der Waals surface area contributed by atoms with Crippen LogP contribution in [0.1, 0.15) is 24.5 Å². The molecule has 0 aliphatic carbocycles. The molecule has 0 spiro atoms. The zero-order chi connectivity index (χ0) is 12.1. The van der Waals surface area contributed by atoms with Gasteiger partial charge in [-0.05, 0) is 18.4 Å². The number of methoxy groups -OCH3 is 1. The fourth-order valence-electron chi connectivity index (χ4n) is 2.22. The lowest BCUT2D eigenvalue weighted by Crippen LogP contribution is -2.30. The van der Waals surface area contributed by atoms with Crippen LogP contribution in [0.3, 0.4) is 0 Å². The number of carbonyl (C=O) groups excluding carboxylic acids is 1. The summed E-state index contributed by atoms with van der Waals surface area (Å²) in [5.41, 5.74) is 0.922. The molecule has 3 heteroatoms. The largest absolute Gasteiger partial charge is 0.381 e. The molecule has 2 atom stereocenters. The highest BCUT2D eigenvalue weighted by Crippen LogP contribution is 2.25. The minimum atomic E-state index is -0.456. The predicted molar refractivity (Wildman–Crippen MR) is 64.7 cm³/mol. The van der Waals surface area contributed by atoms with E-state index in [9.17, 15) is 4.79 Å². The van der Waals surface area contributed by atoms with Crippen molar-refractivity contribution in [3.8, 4) is 0 Å². The predicted octanol–water partition coefficient (Wildman–Crippen LogP) is 2.37. The Bertz CT molecular complexity index is 355. The molecule has 2 rings (SSSR count). The highest BCUT2D eigenvalue weighted by atomic mass is 16.5. The molecule has 1 aliphatic heterocycles. The Morgan fingerprint density at radius 1 is 1.41 bits per heavy atom. The SMILES string of the molecule is COC(C(=O)C1CCCOC1)c1ccccc1. The molecule has 1 saturated heterocycles. The first-order chi connectivity index (χ1) is 8.33. The summed E-state index contributed by atoms with van der Waals surface area (Å²) in [4.78, 5) is 12.3. The number of carbonyl (C=O) groups is 1. The van der Waals surface area contributed by atoms with Gasteiger partial charge in [-0.2, -0.15) is 0 Å². The van der Waals surface area contributed by atoms with E-state index in [4.69, 9.17) is 9.47 Å². The summed E-state index contributed by atoms with van der Waals surface area (Å²) in [5.74, 6) is 0.118. The van der Waals surface area contributed by atoms with Crippen molar-refractivity contribution in [2.75, 3.05) is 20.3 Å². The first kappa shape index (κ1) is 12.3. The van der Waals surface area contributed by atoms with E-state index < -0.39 is 6.10 Å². The molecule has 17 heavy (non-hydrogen) atoms. The minimum Gasteiger partial charge on any atom is -0.381 e. The van der Waals surface area contributed by atoms with E-state index in [0.717, 1.165) is 25.0 Å². The lowest BCUT2D eigenvalue weighted by molar-refractivity contribution is -0.137. The Hall–Kier alpha value is -1.19. The van der Waals surface area contributed by atoms with Crippen LogP contribution in [0.2, 0.25) is 0 Å². The van der Waals surface area contributed by atoms with Gasteiger partial charge in [-0.3, -0.25) is 4.79 Å². The second-order valence-electron chi connectivity index (χ2n) is 4.34. The summed E-state index contributed by atoms with van der Waals surface area (Å²) in [6.07, 6.45) is 1.41. The van der Waals surface area contributed by atoms with Crippen molar-refractivity contribution in [1.29, 1.82) is 0 Å². The molecule has 0 bridgehead atoms. The van der Waals surface area contributed by atoms with Crippen molar-refractivity contribution in [2.45, 2.75) is 18.9 Å². The molecule has 1 aromatic carbocycles. The van der Waals surface area contributed by atoms with Crippen molar-refractivity contribution in [3.63, 3.8) is 0 Å². The topological polar surface area (TPSA) is 35.5 Å². The zero-order valence-electron chi connectivity index (χ0n) is 10.1.